The Hall–Kier alpha value is -3.49. The Balaban J connectivity index is 1.71. The van der Waals surface area contributed by atoms with Gasteiger partial charge < -0.3 is 15.0 Å². The minimum Gasteiger partial charge on any atom is -0.449 e. The second-order valence-corrected chi connectivity index (χ2v) is 7.65. The molecule has 0 aromatic heterocycles. The number of halogens is 1. The van der Waals surface area contributed by atoms with Crippen LogP contribution in [0, 0.1) is 21.8 Å². The number of anilines is 2. The van der Waals surface area contributed by atoms with Gasteiger partial charge >= 0.3 is 5.97 Å². The van der Waals surface area contributed by atoms with Crippen LogP contribution in [-0.4, -0.2) is 36.0 Å². The molecule has 0 radical (unpaired) electrons. The molecule has 0 bridgehead atoms. The van der Waals surface area contributed by atoms with Crippen molar-refractivity contribution < 1.29 is 23.6 Å². The van der Waals surface area contributed by atoms with Crippen LogP contribution in [-0.2, 0) is 9.53 Å². The highest BCUT2D eigenvalue weighted by Gasteiger charge is 2.26. The minimum atomic E-state index is -1.23. The second kappa shape index (κ2) is 9.55. The first-order chi connectivity index (χ1) is 14.8. The third-order valence-electron chi connectivity index (χ3n) is 5.32. The van der Waals surface area contributed by atoms with Gasteiger partial charge in [-0.15, -0.1) is 0 Å². The first-order valence-electron chi connectivity index (χ1n) is 10.1. The summed E-state index contributed by atoms with van der Waals surface area (Å²) in [5.41, 5.74) is 0.198. The fourth-order valence-corrected chi connectivity index (χ4v) is 3.39. The van der Waals surface area contributed by atoms with Crippen LogP contribution in [0.1, 0.15) is 37.0 Å². The number of carbonyl (C=O) groups is 2. The third kappa shape index (κ3) is 5.36. The first-order valence-corrected chi connectivity index (χ1v) is 10.1. The number of hydrogen-bond donors (Lipinski definition) is 1. The highest BCUT2D eigenvalue weighted by Crippen LogP contribution is 2.32. The molecule has 1 aliphatic rings. The molecule has 1 fully saturated rings. The zero-order valence-electron chi connectivity index (χ0n) is 17.3. The molecular formula is C22H24FN3O5. The Labute approximate surface area is 179 Å². The average Bonchev–Trinajstić information content (AvgIpc) is 2.75. The predicted octanol–water partition coefficient (Wildman–Crippen LogP) is 4.15. The summed E-state index contributed by atoms with van der Waals surface area (Å²) in [6, 6.07) is 9.76. The number of rotatable bonds is 6. The number of nitrogens with zero attached hydrogens (tertiary/aromatic N) is 2. The van der Waals surface area contributed by atoms with E-state index in [9.17, 15) is 24.1 Å². The summed E-state index contributed by atoms with van der Waals surface area (Å²) in [4.78, 5) is 37.7. The number of nitrogens with one attached hydrogen (secondary N) is 1. The first kappa shape index (κ1) is 22.2. The number of para-hydroxylation sites is 1. The highest BCUT2D eigenvalue weighted by atomic mass is 19.1. The molecule has 1 aliphatic heterocycles. The van der Waals surface area contributed by atoms with E-state index in [1.165, 1.54) is 37.3 Å². The van der Waals surface area contributed by atoms with Crippen molar-refractivity contribution in [2.24, 2.45) is 5.92 Å². The summed E-state index contributed by atoms with van der Waals surface area (Å²) in [5, 5.41) is 13.9. The van der Waals surface area contributed by atoms with E-state index in [-0.39, 0.29) is 16.9 Å². The lowest BCUT2D eigenvalue weighted by molar-refractivity contribution is -0.384. The summed E-state index contributed by atoms with van der Waals surface area (Å²) in [5.74, 6) is -1.64. The van der Waals surface area contributed by atoms with Gasteiger partial charge in [0.15, 0.2) is 6.10 Å². The van der Waals surface area contributed by atoms with Gasteiger partial charge in [0.25, 0.3) is 11.6 Å². The summed E-state index contributed by atoms with van der Waals surface area (Å²) in [6.07, 6.45) is 0.653. The number of nitro benzene ring substituents is 1. The topological polar surface area (TPSA) is 102 Å². The molecule has 1 N–H and O–H groups in total. The summed E-state index contributed by atoms with van der Waals surface area (Å²) in [7, 11) is 0. The average molecular weight is 429 g/mol. The van der Waals surface area contributed by atoms with Gasteiger partial charge in [0.05, 0.1) is 16.2 Å². The lowest BCUT2D eigenvalue weighted by Crippen LogP contribution is -2.33. The predicted molar refractivity (Wildman–Crippen MR) is 114 cm³/mol. The number of hydrogen-bond acceptors (Lipinski definition) is 6. The molecule has 3 rings (SSSR count). The zero-order valence-corrected chi connectivity index (χ0v) is 17.3. The Kier molecular flexibility index (Phi) is 6.84. The molecule has 8 nitrogen and oxygen atoms in total. The summed E-state index contributed by atoms with van der Waals surface area (Å²) < 4.78 is 18.8. The lowest BCUT2D eigenvalue weighted by atomic mass is 9.98. The van der Waals surface area contributed by atoms with Gasteiger partial charge in [-0.3, -0.25) is 14.9 Å². The fourth-order valence-electron chi connectivity index (χ4n) is 3.39. The maximum atomic E-state index is 13.7. The van der Waals surface area contributed by atoms with Gasteiger partial charge in [-0.25, -0.2) is 9.18 Å². The third-order valence-corrected chi connectivity index (χ3v) is 5.32. The summed E-state index contributed by atoms with van der Waals surface area (Å²) >= 11 is 0. The van der Waals surface area contributed by atoms with E-state index in [2.05, 4.69) is 12.2 Å². The molecular weight excluding hydrogens is 405 g/mol. The van der Waals surface area contributed by atoms with Gasteiger partial charge in [-0.1, -0.05) is 19.1 Å². The highest BCUT2D eigenvalue weighted by molar-refractivity contribution is 5.98. The lowest BCUT2D eigenvalue weighted by Gasteiger charge is -2.31. The molecule has 1 unspecified atom stereocenters. The number of carbonyl (C=O) groups excluding carboxylic acids is 2. The van der Waals surface area contributed by atoms with Gasteiger partial charge in [-0.05, 0) is 49.9 Å². The molecule has 164 valence electrons. The molecule has 31 heavy (non-hydrogen) atoms. The van der Waals surface area contributed by atoms with Gasteiger partial charge in [0.2, 0.25) is 0 Å². The van der Waals surface area contributed by atoms with Crippen molar-refractivity contribution in [1.29, 1.82) is 0 Å². The van der Waals surface area contributed by atoms with Gasteiger partial charge in [0.1, 0.15) is 11.5 Å². The molecule has 0 saturated carbocycles. The second-order valence-electron chi connectivity index (χ2n) is 7.65. The number of ether oxygens (including phenoxy) is 1. The SMILES string of the molecule is CC1CCN(c2ccc(C(=O)OC(C)C(=O)Nc3ccccc3F)cc2[N+](=O)[O-])CC1. The number of piperidine rings is 1. The van der Waals surface area contributed by atoms with Crippen LogP contribution in [0.15, 0.2) is 42.5 Å². The van der Waals surface area contributed by atoms with E-state index in [1.807, 2.05) is 4.90 Å². The molecule has 9 heteroatoms. The number of benzene rings is 2. The van der Waals surface area contributed by atoms with Crippen LogP contribution < -0.4 is 10.2 Å². The molecule has 2 aromatic carbocycles. The van der Waals surface area contributed by atoms with Gasteiger partial charge in [-0.2, -0.15) is 0 Å². The number of esters is 1. The van der Waals surface area contributed by atoms with Crippen molar-refractivity contribution in [1.82, 2.24) is 0 Å². The van der Waals surface area contributed by atoms with Crippen LogP contribution in [0.4, 0.5) is 21.5 Å². The Morgan fingerprint density at radius 2 is 1.90 bits per heavy atom. The van der Waals surface area contributed by atoms with E-state index in [1.54, 1.807) is 6.07 Å². The Bertz CT molecular complexity index is 989. The van der Waals surface area contributed by atoms with E-state index in [0.29, 0.717) is 24.7 Å². The largest absolute Gasteiger partial charge is 0.449 e. The van der Waals surface area contributed by atoms with E-state index >= 15 is 0 Å². The molecule has 1 atom stereocenters. The van der Waals surface area contributed by atoms with Crippen molar-refractivity contribution in [3.63, 3.8) is 0 Å². The number of amides is 1. The van der Waals surface area contributed by atoms with Crippen molar-refractivity contribution in [2.45, 2.75) is 32.8 Å². The maximum Gasteiger partial charge on any atom is 0.339 e. The molecule has 1 amide bonds. The van der Waals surface area contributed by atoms with Crippen molar-refractivity contribution >= 4 is 28.9 Å². The molecule has 1 saturated heterocycles. The van der Waals surface area contributed by atoms with Crippen LogP contribution in [0.2, 0.25) is 0 Å². The Morgan fingerprint density at radius 3 is 2.55 bits per heavy atom. The monoisotopic (exact) mass is 429 g/mol. The van der Waals surface area contributed by atoms with Crippen LogP contribution in [0.3, 0.4) is 0 Å². The van der Waals surface area contributed by atoms with Gasteiger partial charge in [0, 0.05) is 19.2 Å². The Morgan fingerprint density at radius 1 is 1.23 bits per heavy atom. The molecule has 0 aliphatic carbocycles. The minimum absolute atomic E-state index is 0.0358. The van der Waals surface area contributed by atoms with E-state index in [0.717, 1.165) is 18.9 Å². The fraction of sp³-hybridized carbons (Fsp3) is 0.364. The van der Waals surface area contributed by atoms with Crippen molar-refractivity contribution in [3.05, 3.63) is 64.0 Å². The van der Waals surface area contributed by atoms with E-state index < -0.39 is 28.7 Å². The van der Waals surface area contributed by atoms with Crippen LogP contribution in [0.25, 0.3) is 0 Å². The van der Waals surface area contributed by atoms with E-state index in [4.69, 9.17) is 4.74 Å². The molecule has 2 aromatic rings. The van der Waals surface area contributed by atoms with Crippen LogP contribution >= 0.6 is 0 Å². The molecule has 1 heterocycles. The smallest absolute Gasteiger partial charge is 0.339 e. The van der Waals surface area contributed by atoms with Crippen molar-refractivity contribution in [2.75, 3.05) is 23.3 Å². The molecule has 0 spiro atoms. The zero-order chi connectivity index (χ0) is 22.5. The quantitative estimate of drug-likeness (QED) is 0.420. The standard InChI is InChI=1S/C22H24FN3O5/c1-14-9-11-25(12-10-14)19-8-7-16(13-20(19)26(29)30)22(28)31-15(2)21(27)24-18-6-4-3-5-17(18)23/h3-8,13-15H,9-12H2,1-2H3,(H,24,27). The van der Waals surface area contributed by atoms with Crippen molar-refractivity contribution in [3.8, 4) is 0 Å². The number of nitro groups is 1. The van der Waals surface area contributed by atoms with Crippen LogP contribution in [0.5, 0.6) is 0 Å². The summed E-state index contributed by atoms with van der Waals surface area (Å²) in [6.45, 7) is 4.90. The normalized spacial score (nSPS) is 15.3. The maximum absolute atomic E-state index is 13.7.